The summed E-state index contributed by atoms with van der Waals surface area (Å²) in [6.07, 6.45) is 6.48. The number of rotatable bonds is 8. The molecule has 0 aliphatic carbocycles. The molecule has 1 aromatic carbocycles. The van der Waals surface area contributed by atoms with Crippen molar-refractivity contribution in [2.45, 2.75) is 39.2 Å². The summed E-state index contributed by atoms with van der Waals surface area (Å²) < 4.78 is 16.2. The Morgan fingerprint density at radius 3 is 2.38 bits per heavy atom. The monoisotopic (exact) mass is 577 g/mol. The molecule has 1 amide bonds. The van der Waals surface area contributed by atoms with Crippen LogP contribution < -0.4 is 25.4 Å². The van der Waals surface area contributed by atoms with E-state index in [1.165, 1.54) is 0 Å². The number of hydrogen-bond donors (Lipinski definition) is 3. The molecule has 13 nitrogen and oxygen atoms in total. The second-order valence-corrected chi connectivity index (χ2v) is 9.44. The van der Waals surface area contributed by atoms with Gasteiger partial charge in [0.05, 0.1) is 20.4 Å². The van der Waals surface area contributed by atoms with Gasteiger partial charge >= 0.3 is 11.8 Å². The quantitative estimate of drug-likeness (QED) is 0.265. The molecule has 4 aromatic rings. The number of nitrogens with one attached hydrogen (secondary N) is 3. The predicted octanol–water partition coefficient (Wildman–Crippen LogP) is 3.25. The number of methoxy groups -OCH3 is 2. The Morgan fingerprint density at radius 2 is 1.74 bits per heavy atom. The Morgan fingerprint density at radius 1 is 1.05 bits per heavy atom. The lowest BCUT2D eigenvalue weighted by Gasteiger charge is -2.32. The van der Waals surface area contributed by atoms with Crippen LogP contribution in [-0.2, 0) is 11.2 Å². The number of hydrogen-bond acceptors (Lipinski definition) is 10. The van der Waals surface area contributed by atoms with Crippen molar-refractivity contribution >= 4 is 28.5 Å². The van der Waals surface area contributed by atoms with E-state index >= 15 is 0 Å². The number of ketones is 1. The van der Waals surface area contributed by atoms with E-state index in [1.807, 2.05) is 26.0 Å². The number of nitrogens with zero attached hydrogens (tertiary/aromatic N) is 4. The van der Waals surface area contributed by atoms with Crippen LogP contribution >= 0.6 is 0 Å². The first-order chi connectivity index (χ1) is 20.4. The van der Waals surface area contributed by atoms with E-state index in [0.29, 0.717) is 41.4 Å². The number of aryl methyl sites for hydroxylation is 1. The number of imidazole rings is 1. The molecular formula is C29H35N7O6. The number of piperidine rings is 1. The van der Waals surface area contributed by atoms with Gasteiger partial charge in [-0.2, -0.15) is 5.10 Å². The van der Waals surface area contributed by atoms with Gasteiger partial charge in [0.2, 0.25) is 5.78 Å². The molecule has 13 heteroatoms. The largest absolute Gasteiger partial charge is 0.493 e. The SMILES string of the molecule is CCNC(=O)OC1CCN(c2nncc3cc(OC)c(OC)cc23)CC1.CCc1[nH]c(=O)[nH]c1C(=O)c1ccncc1. The van der Waals surface area contributed by atoms with Crippen molar-refractivity contribution in [3.63, 3.8) is 0 Å². The Kier molecular flexibility index (Phi) is 10.1. The molecule has 1 fully saturated rings. The number of H-pyrrole nitrogens is 2. The van der Waals surface area contributed by atoms with Gasteiger partial charge in [0, 0.05) is 66.9 Å². The molecule has 0 saturated carbocycles. The number of alkyl carbamates (subject to hydrolysis) is 1. The summed E-state index contributed by atoms with van der Waals surface area (Å²) in [5.74, 6) is 1.93. The third-order valence-corrected chi connectivity index (χ3v) is 6.81. The predicted molar refractivity (Wildman–Crippen MR) is 156 cm³/mol. The van der Waals surface area contributed by atoms with Crippen molar-refractivity contribution in [3.05, 3.63) is 70.3 Å². The number of aromatic amines is 2. The number of carbonyl (C=O) groups is 2. The standard InChI is InChI=1S/C18H24N4O4.C11H11N3O2/c1-4-19-18(23)26-13-5-7-22(8-6-13)17-14-10-16(25-3)15(24-2)9-12(14)11-20-21-17;1-2-8-9(14-11(16)13-8)10(15)7-3-5-12-6-4-7/h9-11,13H,4-8H2,1-3H3,(H,19,23);3-6H,2H2,1H3,(H2,13,14,16). The second-order valence-electron chi connectivity index (χ2n) is 9.44. The van der Waals surface area contributed by atoms with Crippen LogP contribution in [0, 0.1) is 0 Å². The van der Waals surface area contributed by atoms with Crippen molar-refractivity contribution in [1.82, 2.24) is 30.5 Å². The van der Waals surface area contributed by atoms with Gasteiger partial charge in [-0.3, -0.25) is 9.78 Å². The van der Waals surface area contributed by atoms with Crippen LogP contribution in [0.25, 0.3) is 10.8 Å². The zero-order valence-corrected chi connectivity index (χ0v) is 24.1. The van der Waals surface area contributed by atoms with Crippen LogP contribution in [-0.4, -0.2) is 77.0 Å². The van der Waals surface area contributed by atoms with Gasteiger partial charge < -0.3 is 34.4 Å². The Labute approximate surface area is 242 Å². The average molecular weight is 578 g/mol. The summed E-state index contributed by atoms with van der Waals surface area (Å²) in [6, 6.07) is 7.06. The van der Waals surface area contributed by atoms with Gasteiger partial charge in [-0.1, -0.05) is 6.92 Å². The summed E-state index contributed by atoms with van der Waals surface area (Å²) in [6.45, 7) is 5.79. The normalized spacial score (nSPS) is 13.2. The average Bonchev–Trinajstić information content (AvgIpc) is 3.41. The molecule has 42 heavy (non-hydrogen) atoms. The fourth-order valence-corrected chi connectivity index (χ4v) is 4.68. The maximum Gasteiger partial charge on any atom is 0.407 e. The number of aromatic nitrogens is 5. The highest BCUT2D eigenvalue weighted by atomic mass is 16.6. The molecule has 222 valence electrons. The zero-order chi connectivity index (χ0) is 30.1. The fourth-order valence-electron chi connectivity index (χ4n) is 4.68. The third kappa shape index (κ3) is 7.03. The first kappa shape index (κ1) is 30.0. The van der Waals surface area contributed by atoms with E-state index in [0.717, 1.165) is 42.5 Å². The van der Waals surface area contributed by atoms with Gasteiger partial charge in [-0.25, -0.2) is 9.59 Å². The highest BCUT2D eigenvalue weighted by Crippen LogP contribution is 2.36. The summed E-state index contributed by atoms with van der Waals surface area (Å²) in [5, 5.41) is 13.0. The molecule has 0 bridgehead atoms. The minimum atomic E-state index is -0.354. The maximum absolute atomic E-state index is 12.0. The lowest BCUT2D eigenvalue weighted by atomic mass is 10.1. The number of benzene rings is 1. The molecule has 5 rings (SSSR count). The molecule has 1 aliphatic heterocycles. The molecule has 4 heterocycles. The number of amides is 1. The fraction of sp³-hybridized carbons (Fsp3) is 0.379. The van der Waals surface area contributed by atoms with Crippen LogP contribution in [0.15, 0.2) is 47.7 Å². The third-order valence-electron chi connectivity index (χ3n) is 6.81. The summed E-state index contributed by atoms with van der Waals surface area (Å²) >= 11 is 0. The maximum atomic E-state index is 12.0. The minimum Gasteiger partial charge on any atom is -0.493 e. The smallest absolute Gasteiger partial charge is 0.407 e. The number of ether oxygens (including phenoxy) is 3. The number of pyridine rings is 1. The van der Waals surface area contributed by atoms with Crippen LogP contribution in [0.4, 0.5) is 10.6 Å². The first-order valence-electron chi connectivity index (χ1n) is 13.7. The van der Waals surface area contributed by atoms with Crippen molar-refractivity contribution in [3.8, 4) is 11.5 Å². The molecule has 3 N–H and O–H groups in total. The van der Waals surface area contributed by atoms with Gasteiger partial charge in [-0.05, 0) is 37.6 Å². The Balaban J connectivity index is 0.000000216. The zero-order valence-electron chi connectivity index (χ0n) is 24.1. The first-order valence-corrected chi connectivity index (χ1v) is 13.7. The van der Waals surface area contributed by atoms with Crippen LogP contribution in [0.2, 0.25) is 0 Å². The van der Waals surface area contributed by atoms with E-state index in [-0.39, 0.29) is 23.7 Å². The van der Waals surface area contributed by atoms with Crippen molar-refractivity contribution in [2.75, 3.05) is 38.8 Å². The summed E-state index contributed by atoms with van der Waals surface area (Å²) in [5.41, 5.74) is 1.12. The molecule has 3 aromatic heterocycles. The van der Waals surface area contributed by atoms with Crippen molar-refractivity contribution in [1.29, 1.82) is 0 Å². The molecule has 0 unspecified atom stereocenters. The van der Waals surface area contributed by atoms with Gasteiger partial charge in [0.25, 0.3) is 0 Å². The van der Waals surface area contributed by atoms with Crippen LogP contribution in [0.3, 0.4) is 0 Å². The van der Waals surface area contributed by atoms with Gasteiger partial charge in [-0.15, -0.1) is 5.10 Å². The molecular weight excluding hydrogens is 542 g/mol. The van der Waals surface area contributed by atoms with E-state index in [2.05, 4.69) is 35.4 Å². The van der Waals surface area contributed by atoms with Crippen molar-refractivity contribution < 1.29 is 23.8 Å². The van der Waals surface area contributed by atoms with Crippen LogP contribution in [0.5, 0.6) is 11.5 Å². The molecule has 1 aliphatic rings. The highest BCUT2D eigenvalue weighted by Gasteiger charge is 2.25. The molecule has 0 spiro atoms. The lowest BCUT2D eigenvalue weighted by molar-refractivity contribution is 0.0835. The molecule has 0 radical (unpaired) electrons. The highest BCUT2D eigenvalue weighted by molar-refractivity contribution is 6.08. The number of fused-ring (bicyclic) bond motifs is 1. The lowest BCUT2D eigenvalue weighted by Crippen LogP contribution is -2.40. The topological polar surface area (TPSA) is 164 Å². The summed E-state index contributed by atoms with van der Waals surface area (Å²) in [4.78, 5) is 45.8. The van der Waals surface area contributed by atoms with E-state index in [4.69, 9.17) is 14.2 Å². The van der Waals surface area contributed by atoms with Crippen LogP contribution in [0.1, 0.15) is 48.4 Å². The molecule has 0 atom stereocenters. The van der Waals surface area contributed by atoms with Gasteiger partial charge in [0.15, 0.2) is 17.3 Å². The van der Waals surface area contributed by atoms with Gasteiger partial charge in [0.1, 0.15) is 11.8 Å². The van der Waals surface area contributed by atoms with E-state index < -0.39 is 0 Å². The number of anilines is 1. The second kappa shape index (κ2) is 14.1. The summed E-state index contributed by atoms with van der Waals surface area (Å²) in [7, 11) is 3.22. The molecule has 1 saturated heterocycles. The Bertz CT molecular complexity index is 1560. The van der Waals surface area contributed by atoms with E-state index in [1.54, 1.807) is 44.9 Å². The Hall–Kier alpha value is -4.94. The van der Waals surface area contributed by atoms with Crippen molar-refractivity contribution in [2.24, 2.45) is 0 Å². The number of carbonyl (C=O) groups excluding carboxylic acids is 2. The minimum absolute atomic E-state index is 0.0737. The van der Waals surface area contributed by atoms with E-state index in [9.17, 15) is 14.4 Å².